The summed E-state index contributed by atoms with van der Waals surface area (Å²) < 4.78 is 7.82. The summed E-state index contributed by atoms with van der Waals surface area (Å²) in [4.78, 5) is 9.66. The summed E-state index contributed by atoms with van der Waals surface area (Å²) in [7, 11) is 0. The molecule has 4 aromatic rings. The van der Waals surface area contributed by atoms with Gasteiger partial charge in [-0.15, -0.1) is 11.3 Å². The lowest BCUT2D eigenvalue weighted by molar-refractivity contribution is -0.151. The number of phenolic OH excluding ortho intramolecular Hbond substituents is 1. The number of aromatic nitrogens is 2. The Bertz CT molecular complexity index is 1430. The van der Waals surface area contributed by atoms with Gasteiger partial charge in [0.05, 0.1) is 11.9 Å². The Morgan fingerprint density at radius 1 is 1.21 bits per heavy atom. The van der Waals surface area contributed by atoms with Crippen molar-refractivity contribution in [3.63, 3.8) is 0 Å². The molecule has 0 amide bonds. The van der Waals surface area contributed by atoms with Crippen molar-refractivity contribution in [2.75, 3.05) is 13.1 Å². The molecule has 3 aliphatic carbocycles. The molecule has 2 N–H and O–H groups in total. The van der Waals surface area contributed by atoms with Crippen molar-refractivity contribution in [1.29, 1.82) is 0 Å². The van der Waals surface area contributed by atoms with Gasteiger partial charge in [-0.1, -0.05) is 6.07 Å². The Labute approximate surface area is 201 Å². The standard InChI is InChI=1S/C27H27N3O3S/c31-18-5-6-19-17(10-18)11-24-27(32)13-23-21(12-26(19,27)7-8-29(24)14-16-3-4-16)30-15-20(28-25(30)34-23)22-2-1-9-33-22/h1-2,5-6,9-10,15-16,24,31-32H,3-4,7-8,11-14H2/t24-,26-,27-/m1/s1. The van der Waals surface area contributed by atoms with E-state index in [4.69, 9.17) is 9.40 Å². The molecule has 6 nitrogen and oxygen atoms in total. The van der Waals surface area contributed by atoms with Crippen molar-refractivity contribution < 1.29 is 14.6 Å². The second kappa shape index (κ2) is 6.53. The van der Waals surface area contributed by atoms with Gasteiger partial charge in [-0.25, -0.2) is 4.98 Å². The van der Waals surface area contributed by atoms with Crippen molar-refractivity contribution >= 4 is 16.3 Å². The summed E-state index contributed by atoms with van der Waals surface area (Å²) >= 11 is 1.71. The van der Waals surface area contributed by atoms with Gasteiger partial charge in [0, 0.05) is 47.6 Å². The number of benzene rings is 1. The highest BCUT2D eigenvalue weighted by Crippen LogP contribution is 2.58. The van der Waals surface area contributed by atoms with E-state index in [2.05, 4.69) is 21.6 Å². The number of likely N-dealkylation sites (tertiary alicyclic amines) is 1. The number of phenols is 1. The highest BCUT2D eigenvalue weighted by Gasteiger charge is 2.65. The molecule has 1 aromatic carbocycles. The third-order valence-corrected chi connectivity index (χ3v) is 10.1. The number of fused-ring (bicyclic) bond motifs is 4. The minimum absolute atomic E-state index is 0.0809. The van der Waals surface area contributed by atoms with E-state index in [1.165, 1.54) is 34.5 Å². The van der Waals surface area contributed by atoms with E-state index < -0.39 is 5.60 Å². The van der Waals surface area contributed by atoms with Gasteiger partial charge >= 0.3 is 0 Å². The van der Waals surface area contributed by atoms with E-state index >= 15 is 0 Å². The van der Waals surface area contributed by atoms with E-state index in [0.29, 0.717) is 12.2 Å². The molecule has 3 atom stereocenters. The van der Waals surface area contributed by atoms with Crippen LogP contribution in [0.3, 0.4) is 0 Å². The predicted molar refractivity (Wildman–Crippen MR) is 129 cm³/mol. The Morgan fingerprint density at radius 2 is 2.12 bits per heavy atom. The molecule has 0 radical (unpaired) electrons. The van der Waals surface area contributed by atoms with Crippen molar-refractivity contribution in [3.05, 3.63) is 64.5 Å². The molecule has 4 aliphatic rings. The lowest BCUT2D eigenvalue weighted by Crippen LogP contribution is -2.74. The molecule has 4 heterocycles. The van der Waals surface area contributed by atoms with E-state index in [-0.39, 0.29) is 11.5 Å². The van der Waals surface area contributed by atoms with Gasteiger partial charge in [0.15, 0.2) is 10.7 Å². The number of hydrogen-bond donors (Lipinski definition) is 2. The Kier molecular flexibility index (Phi) is 3.78. The van der Waals surface area contributed by atoms with Crippen molar-refractivity contribution in [3.8, 4) is 17.2 Å². The maximum atomic E-state index is 12.7. The number of piperidine rings is 1. The third-order valence-electron chi connectivity index (χ3n) is 9.03. The topological polar surface area (TPSA) is 74.1 Å². The van der Waals surface area contributed by atoms with Crippen LogP contribution in [-0.2, 0) is 24.7 Å². The highest BCUT2D eigenvalue weighted by molar-refractivity contribution is 7.17. The molecule has 8 rings (SSSR count). The Balaban J connectivity index is 1.30. The van der Waals surface area contributed by atoms with Gasteiger partial charge in [0.2, 0.25) is 0 Å². The molecule has 0 spiro atoms. The number of rotatable bonds is 3. The third kappa shape index (κ3) is 2.50. The maximum absolute atomic E-state index is 12.7. The summed E-state index contributed by atoms with van der Waals surface area (Å²) in [5.41, 5.74) is 3.38. The minimum Gasteiger partial charge on any atom is -0.508 e. The van der Waals surface area contributed by atoms with Gasteiger partial charge in [-0.05, 0) is 73.5 Å². The van der Waals surface area contributed by atoms with Gasteiger partial charge in [0.25, 0.3) is 0 Å². The zero-order valence-electron chi connectivity index (χ0n) is 18.9. The SMILES string of the molecule is Oc1ccc2c(c1)C[C@H]1N(CC3CC3)CC[C@@]23Cc2c(sc4nc(-c5ccco5)cn24)C[C@@]13O. The molecule has 34 heavy (non-hydrogen) atoms. The predicted octanol–water partition coefficient (Wildman–Crippen LogP) is 4.17. The molecule has 0 unspecified atom stereocenters. The summed E-state index contributed by atoms with van der Waals surface area (Å²) in [5, 5.41) is 22.9. The second-order valence-electron chi connectivity index (χ2n) is 10.8. The van der Waals surface area contributed by atoms with Crippen LogP contribution in [0, 0.1) is 5.92 Å². The molecule has 2 bridgehead atoms. The van der Waals surface area contributed by atoms with Crippen LogP contribution in [0.4, 0.5) is 0 Å². The molecule has 2 fully saturated rings. The number of nitrogens with zero attached hydrogens (tertiary/aromatic N) is 3. The fourth-order valence-electron chi connectivity index (χ4n) is 7.22. The van der Waals surface area contributed by atoms with E-state index in [0.717, 1.165) is 54.7 Å². The Hall–Kier alpha value is -2.61. The summed E-state index contributed by atoms with van der Waals surface area (Å²) in [6, 6.07) is 9.74. The molecule has 1 saturated carbocycles. The maximum Gasteiger partial charge on any atom is 0.194 e. The van der Waals surface area contributed by atoms with Crippen LogP contribution >= 0.6 is 11.3 Å². The highest BCUT2D eigenvalue weighted by atomic mass is 32.1. The van der Waals surface area contributed by atoms with Crippen molar-refractivity contribution in [2.45, 2.75) is 55.6 Å². The molecule has 1 aliphatic heterocycles. The number of furan rings is 1. The zero-order chi connectivity index (χ0) is 22.7. The average Bonchev–Trinajstić information content (AvgIpc) is 3.18. The van der Waals surface area contributed by atoms with Gasteiger partial charge in [0.1, 0.15) is 11.4 Å². The molecule has 7 heteroatoms. The number of aliphatic hydroxyl groups is 1. The fourth-order valence-corrected chi connectivity index (χ4v) is 8.43. The zero-order valence-corrected chi connectivity index (χ0v) is 19.7. The largest absolute Gasteiger partial charge is 0.508 e. The summed E-state index contributed by atoms with van der Waals surface area (Å²) in [5.74, 6) is 1.88. The first-order chi connectivity index (χ1) is 16.5. The fraction of sp³-hybridized carbons (Fsp3) is 0.444. The number of aromatic hydroxyl groups is 1. The smallest absolute Gasteiger partial charge is 0.194 e. The monoisotopic (exact) mass is 473 g/mol. The van der Waals surface area contributed by atoms with Gasteiger partial charge in [-0.2, -0.15) is 0 Å². The van der Waals surface area contributed by atoms with Crippen LogP contribution < -0.4 is 0 Å². The second-order valence-corrected chi connectivity index (χ2v) is 11.9. The number of hydrogen-bond acceptors (Lipinski definition) is 6. The lowest BCUT2D eigenvalue weighted by Gasteiger charge is -2.63. The lowest BCUT2D eigenvalue weighted by atomic mass is 9.50. The quantitative estimate of drug-likeness (QED) is 0.467. The van der Waals surface area contributed by atoms with Crippen LogP contribution in [0.1, 0.15) is 41.0 Å². The number of thiazole rings is 1. The average molecular weight is 474 g/mol. The van der Waals surface area contributed by atoms with E-state index in [1.54, 1.807) is 23.7 Å². The molecular weight excluding hydrogens is 446 g/mol. The van der Waals surface area contributed by atoms with Gasteiger partial charge < -0.3 is 14.6 Å². The number of imidazole rings is 1. The molecular formula is C27H27N3O3S. The van der Waals surface area contributed by atoms with Gasteiger partial charge in [-0.3, -0.25) is 9.30 Å². The van der Waals surface area contributed by atoms with E-state index in [1.807, 2.05) is 18.2 Å². The summed E-state index contributed by atoms with van der Waals surface area (Å²) in [6.45, 7) is 2.11. The van der Waals surface area contributed by atoms with Crippen LogP contribution in [-0.4, -0.2) is 49.2 Å². The van der Waals surface area contributed by atoms with Crippen LogP contribution in [0.2, 0.25) is 0 Å². The van der Waals surface area contributed by atoms with Crippen LogP contribution in [0.5, 0.6) is 5.75 Å². The van der Waals surface area contributed by atoms with Crippen molar-refractivity contribution in [1.82, 2.24) is 14.3 Å². The Morgan fingerprint density at radius 3 is 2.94 bits per heavy atom. The normalized spacial score (nSPS) is 30.2. The molecule has 1 saturated heterocycles. The molecule has 174 valence electrons. The first kappa shape index (κ1) is 19.7. The van der Waals surface area contributed by atoms with E-state index in [9.17, 15) is 10.2 Å². The van der Waals surface area contributed by atoms with Crippen LogP contribution in [0.25, 0.3) is 16.4 Å². The molecule has 3 aromatic heterocycles. The summed E-state index contributed by atoms with van der Waals surface area (Å²) in [6.07, 6.45) is 9.59. The first-order valence-electron chi connectivity index (χ1n) is 12.4. The van der Waals surface area contributed by atoms with Crippen molar-refractivity contribution in [2.24, 2.45) is 5.92 Å². The van der Waals surface area contributed by atoms with Crippen LogP contribution in [0.15, 0.2) is 47.2 Å². The first-order valence-corrected chi connectivity index (χ1v) is 13.2. The minimum atomic E-state index is -0.816.